The number of benzene rings is 1. The minimum Gasteiger partial charge on any atom is -0.493 e. The Morgan fingerprint density at radius 3 is 2.92 bits per heavy atom. The smallest absolute Gasteiger partial charge is 0.271 e. The summed E-state index contributed by atoms with van der Waals surface area (Å²) in [5, 5.41) is 5.57. The van der Waals surface area contributed by atoms with Gasteiger partial charge >= 0.3 is 0 Å². The van der Waals surface area contributed by atoms with Crippen LogP contribution in [0, 0.1) is 0 Å². The molecule has 3 rings (SSSR count). The molecule has 0 radical (unpaired) electrons. The topological polar surface area (TPSA) is 86.5 Å². The minimum atomic E-state index is -0.195. The first-order valence-electron chi connectivity index (χ1n) is 8.96. The van der Waals surface area contributed by atoms with Crippen LogP contribution in [0.5, 0.6) is 11.5 Å². The van der Waals surface area contributed by atoms with Gasteiger partial charge in [0, 0.05) is 23.9 Å². The number of nitrogens with one attached hydrogen (secondary N) is 1. The number of amides is 1. The van der Waals surface area contributed by atoms with E-state index in [1.807, 2.05) is 18.2 Å². The van der Waals surface area contributed by atoms with Gasteiger partial charge in [0.25, 0.3) is 5.91 Å². The average Bonchev–Trinajstić information content (AvgIpc) is 3.33. The van der Waals surface area contributed by atoms with Gasteiger partial charge in [-0.1, -0.05) is 12.1 Å². The third-order valence-corrected chi connectivity index (χ3v) is 5.36. The summed E-state index contributed by atoms with van der Waals surface area (Å²) in [4.78, 5) is 16.7. The van der Waals surface area contributed by atoms with E-state index >= 15 is 0 Å². The van der Waals surface area contributed by atoms with Gasteiger partial charge in [0.15, 0.2) is 11.5 Å². The van der Waals surface area contributed by atoms with Crippen molar-refractivity contribution in [2.24, 2.45) is 5.73 Å². The molecule has 0 saturated heterocycles. The van der Waals surface area contributed by atoms with Gasteiger partial charge in [0.1, 0.15) is 5.69 Å². The summed E-state index contributed by atoms with van der Waals surface area (Å²) in [5.74, 6) is 1.23. The molecule has 1 aromatic carbocycles. The number of para-hydroxylation sites is 1. The molecule has 1 fully saturated rings. The molecule has 1 aromatic heterocycles. The van der Waals surface area contributed by atoms with Gasteiger partial charge in [-0.3, -0.25) is 4.79 Å². The quantitative estimate of drug-likeness (QED) is 0.741. The van der Waals surface area contributed by atoms with Crippen molar-refractivity contribution in [3.63, 3.8) is 0 Å². The molecule has 1 saturated carbocycles. The monoisotopic (exact) mass is 375 g/mol. The highest BCUT2D eigenvalue weighted by Gasteiger charge is 2.21. The number of carbonyl (C=O) groups excluding carboxylic acids is 1. The molecule has 140 valence electrons. The van der Waals surface area contributed by atoms with Crippen LogP contribution in [0.15, 0.2) is 23.6 Å². The molecule has 1 aliphatic carbocycles. The summed E-state index contributed by atoms with van der Waals surface area (Å²) in [6.07, 6.45) is 5.42. The Kier molecular flexibility index (Phi) is 6.46. The first-order valence-corrected chi connectivity index (χ1v) is 9.84. The summed E-state index contributed by atoms with van der Waals surface area (Å²) < 4.78 is 11.7. The second kappa shape index (κ2) is 9.00. The molecular weight excluding hydrogens is 350 g/mol. The lowest BCUT2D eigenvalue weighted by molar-refractivity contribution is 0.0945. The van der Waals surface area contributed by atoms with Crippen molar-refractivity contribution in [1.29, 1.82) is 0 Å². The van der Waals surface area contributed by atoms with Crippen molar-refractivity contribution in [3.05, 3.63) is 39.8 Å². The van der Waals surface area contributed by atoms with E-state index in [0.29, 0.717) is 31.0 Å². The summed E-state index contributed by atoms with van der Waals surface area (Å²) in [5.41, 5.74) is 6.87. The first-order chi connectivity index (χ1) is 12.7. The summed E-state index contributed by atoms with van der Waals surface area (Å²) in [6.45, 7) is 0.891. The van der Waals surface area contributed by atoms with E-state index in [0.717, 1.165) is 29.2 Å². The van der Waals surface area contributed by atoms with Gasteiger partial charge < -0.3 is 20.5 Å². The molecule has 0 unspecified atom stereocenters. The third kappa shape index (κ3) is 4.53. The van der Waals surface area contributed by atoms with Crippen molar-refractivity contribution in [2.75, 3.05) is 13.7 Å². The molecule has 7 heteroatoms. The number of hydrogen-bond acceptors (Lipinski definition) is 6. The molecule has 1 amide bonds. The SMILES string of the molecule is COc1cccc(CNC(=O)c2csc(CCN)n2)c1OC1CCCC1. The highest BCUT2D eigenvalue weighted by atomic mass is 32.1. The largest absolute Gasteiger partial charge is 0.493 e. The number of methoxy groups -OCH3 is 1. The standard InChI is InChI=1S/C19H25N3O3S/c1-24-16-8-4-5-13(18(16)25-14-6-2-3-7-14)11-21-19(23)15-12-26-17(22-15)9-10-20/h4-5,8,12,14H,2-3,6-7,9-11,20H2,1H3,(H,21,23). The van der Waals surface area contributed by atoms with Gasteiger partial charge in [-0.15, -0.1) is 11.3 Å². The number of hydrogen-bond donors (Lipinski definition) is 2. The normalized spacial score (nSPS) is 14.4. The predicted molar refractivity (Wildman–Crippen MR) is 102 cm³/mol. The van der Waals surface area contributed by atoms with Crippen LogP contribution in [-0.4, -0.2) is 30.6 Å². The summed E-state index contributed by atoms with van der Waals surface area (Å²) >= 11 is 1.46. The van der Waals surface area contributed by atoms with Gasteiger partial charge in [-0.2, -0.15) is 0 Å². The maximum atomic E-state index is 12.4. The van der Waals surface area contributed by atoms with Gasteiger partial charge in [-0.25, -0.2) is 4.98 Å². The Hall–Kier alpha value is -2.12. The van der Waals surface area contributed by atoms with Crippen molar-refractivity contribution >= 4 is 17.2 Å². The van der Waals surface area contributed by atoms with Gasteiger partial charge in [0.2, 0.25) is 0 Å². The number of carbonyl (C=O) groups is 1. The van der Waals surface area contributed by atoms with Crippen molar-refractivity contribution in [3.8, 4) is 11.5 Å². The molecule has 1 heterocycles. The van der Waals surface area contributed by atoms with Crippen LogP contribution in [0.2, 0.25) is 0 Å². The first kappa shape index (κ1) is 18.7. The molecule has 0 atom stereocenters. The van der Waals surface area contributed by atoms with Crippen molar-refractivity contribution < 1.29 is 14.3 Å². The van der Waals surface area contributed by atoms with Crippen LogP contribution in [0.1, 0.15) is 46.7 Å². The second-order valence-corrected chi connectivity index (χ2v) is 7.26. The zero-order chi connectivity index (χ0) is 18.4. The Bertz CT molecular complexity index is 741. The Labute approximate surface area is 157 Å². The Morgan fingerprint density at radius 2 is 2.19 bits per heavy atom. The van der Waals surface area contributed by atoms with E-state index in [9.17, 15) is 4.79 Å². The number of nitrogens with two attached hydrogens (primary N) is 1. The number of thiazole rings is 1. The Morgan fingerprint density at radius 1 is 1.38 bits per heavy atom. The van der Waals surface area contributed by atoms with E-state index in [2.05, 4.69) is 10.3 Å². The fraction of sp³-hybridized carbons (Fsp3) is 0.474. The number of aromatic nitrogens is 1. The highest BCUT2D eigenvalue weighted by Crippen LogP contribution is 2.34. The van der Waals surface area contributed by atoms with Crippen molar-refractivity contribution in [1.82, 2.24) is 10.3 Å². The average molecular weight is 375 g/mol. The minimum absolute atomic E-state index is 0.195. The molecule has 0 bridgehead atoms. The van der Waals surface area contributed by atoms with Crippen LogP contribution in [0.25, 0.3) is 0 Å². The lowest BCUT2D eigenvalue weighted by atomic mass is 10.1. The van der Waals surface area contributed by atoms with Crippen LogP contribution >= 0.6 is 11.3 Å². The lowest BCUT2D eigenvalue weighted by Gasteiger charge is -2.19. The van der Waals surface area contributed by atoms with Gasteiger partial charge in [-0.05, 0) is 38.3 Å². The summed E-state index contributed by atoms with van der Waals surface area (Å²) in [6, 6.07) is 5.74. The number of rotatable bonds is 8. The summed E-state index contributed by atoms with van der Waals surface area (Å²) in [7, 11) is 1.63. The lowest BCUT2D eigenvalue weighted by Crippen LogP contribution is -2.24. The third-order valence-electron chi connectivity index (χ3n) is 4.45. The molecule has 26 heavy (non-hydrogen) atoms. The molecule has 6 nitrogen and oxygen atoms in total. The van der Waals surface area contributed by atoms with Crippen LogP contribution in [0.3, 0.4) is 0 Å². The van der Waals surface area contributed by atoms with E-state index in [1.165, 1.54) is 24.2 Å². The van der Waals surface area contributed by atoms with Crippen LogP contribution in [-0.2, 0) is 13.0 Å². The predicted octanol–water partition coefficient (Wildman–Crippen LogP) is 2.90. The van der Waals surface area contributed by atoms with E-state index < -0.39 is 0 Å². The van der Waals surface area contributed by atoms with E-state index in [-0.39, 0.29) is 12.0 Å². The zero-order valence-electron chi connectivity index (χ0n) is 15.0. The van der Waals surface area contributed by atoms with E-state index in [4.69, 9.17) is 15.2 Å². The number of ether oxygens (including phenoxy) is 2. The van der Waals surface area contributed by atoms with Gasteiger partial charge in [0.05, 0.1) is 18.2 Å². The fourth-order valence-corrected chi connectivity index (χ4v) is 3.88. The maximum absolute atomic E-state index is 12.4. The fourth-order valence-electron chi connectivity index (χ4n) is 3.09. The second-order valence-electron chi connectivity index (χ2n) is 6.32. The zero-order valence-corrected chi connectivity index (χ0v) is 15.8. The van der Waals surface area contributed by atoms with Crippen molar-refractivity contribution in [2.45, 2.75) is 44.8 Å². The molecule has 2 aromatic rings. The molecule has 0 spiro atoms. The molecule has 3 N–H and O–H groups in total. The molecule has 0 aliphatic heterocycles. The van der Waals surface area contributed by atoms with Crippen LogP contribution < -0.4 is 20.5 Å². The molecular formula is C19H25N3O3S. The Balaban J connectivity index is 1.68. The van der Waals surface area contributed by atoms with E-state index in [1.54, 1.807) is 12.5 Å². The number of nitrogens with zero attached hydrogens (tertiary/aromatic N) is 1. The maximum Gasteiger partial charge on any atom is 0.271 e. The van der Waals surface area contributed by atoms with Crippen LogP contribution in [0.4, 0.5) is 0 Å². The molecule has 1 aliphatic rings. The highest BCUT2D eigenvalue weighted by molar-refractivity contribution is 7.09.